The molecule has 0 heterocycles. The van der Waals surface area contributed by atoms with E-state index >= 15 is 0 Å². The van der Waals surface area contributed by atoms with Crippen molar-refractivity contribution in [1.29, 1.82) is 0 Å². The van der Waals surface area contributed by atoms with Crippen LogP contribution in [-0.4, -0.2) is 5.11 Å². The van der Waals surface area contributed by atoms with Crippen molar-refractivity contribution in [3.05, 3.63) is 41.5 Å². The predicted molar refractivity (Wildman–Crippen MR) is 55.1 cm³/mol. The minimum atomic E-state index is 0.362. The summed E-state index contributed by atoms with van der Waals surface area (Å²) in [5, 5.41) is 11.6. The van der Waals surface area contributed by atoms with E-state index in [2.05, 4.69) is 19.9 Å². The normalized spacial score (nSPS) is 10.6. The maximum atomic E-state index is 9.59. The third kappa shape index (κ3) is 1.26. The van der Waals surface area contributed by atoms with Crippen molar-refractivity contribution in [2.75, 3.05) is 0 Å². The molecule has 0 unspecified atom stereocenters. The monoisotopic (exact) mass is 172 g/mol. The van der Waals surface area contributed by atoms with Crippen LogP contribution in [0.4, 0.5) is 0 Å². The van der Waals surface area contributed by atoms with E-state index in [9.17, 15) is 5.11 Å². The van der Waals surface area contributed by atoms with E-state index < -0.39 is 0 Å². The molecule has 1 heteroatoms. The summed E-state index contributed by atoms with van der Waals surface area (Å²) in [5.41, 5.74) is 2.48. The molecule has 0 aliphatic heterocycles. The standard InChI is InChI=1S/C12H12O/c1-8-6-10-4-3-5-12(13)11(10)7-9(8)2/h3-7,13H,1-2H3. The van der Waals surface area contributed by atoms with Gasteiger partial charge in [0.15, 0.2) is 0 Å². The maximum Gasteiger partial charge on any atom is 0.123 e. The molecule has 0 aliphatic carbocycles. The molecule has 0 fully saturated rings. The van der Waals surface area contributed by atoms with Crippen LogP contribution in [0.5, 0.6) is 5.75 Å². The molecule has 2 aromatic carbocycles. The van der Waals surface area contributed by atoms with Gasteiger partial charge in [-0.15, -0.1) is 0 Å². The van der Waals surface area contributed by atoms with Crippen molar-refractivity contribution in [2.45, 2.75) is 13.8 Å². The van der Waals surface area contributed by atoms with Crippen LogP contribution in [0.1, 0.15) is 11.1 Å². The molecule has 2 aromatic rings. The molecule has 0 radical (unpaired) electrons. The van der Waals surface area contributed by atoms with Crippen LogP contribution in [0.15, 0.2) is 30.3 Å². The van der Waals surface area contributed by atoms with Gasteiger partial charge in [0, 0.05) is 5.39 Å². The van der Waals surface area contributed by atoms with E-state index in [1.807, 2.05) is 18.2 Å². The van der Waals surface area contributed by atoms with Gasteiger partial charge >= 0.3 is 0 Å². The van der Waals surface area contributed by atoms with Crippen molar-refractivity contribution in [1.82, 2.24) is 0 Å². The summed E-state index contributed by atoms with van der Waals surface area (Å²) in [7, 11) is 0. The fraction of sp³-hybridized carbons (Fsp3) is 0.167. The van der Waals surface area contributed by atoms with E-state index in [1.165, 1.54) is 11.1 Å². The summed E-state index contributed by atoms with van der Waals surface area (Å²) in [6, 6.07) is 9.73. The van der Waals surface area contributed by atoms with E-state index in [-0.39, 0.29) is 0 Å². The van der Waals surface area contributed by atoms with Crippen LogP contribution < -0.4 is 0 Å². The second-order valence-corrected chi connectivity index (χ2v) is 3.43. The number of benzene rings is 2. The number of aromatic hydroxyl groups is 1. The summed E-state index contributed by atoms with van der Waals surface area (Å²) < 4.78 is 0. The molecule has 66 valence electrons. The molecule has 0 amide bonds. The summed E-state index contributed by atoms with van der Waals surface area (Å²) in [4.78, 5) is 0. The van der Waals surface area contributed by atoms with Gasteiger partial charge in [0.25, 0.3) is 0 Å². The highest BCUT2D eigenvalue weighted by atomic mass is 16.3. The third-order valence-electron chi connectivity index (χ3n) is 2.47. The van der Waals surface area contributed by atoms with Crippen molar-refractivity contribution in [3.63, 3.8) is 0 Å². The lowest BCUT2D eigenvalue weighted by atomic mass is 10.0. The first-order valence-electron chi connectivity index (χ1n) is 4.37. The molecule has 0 bridgehead atoms. The molecule has 0 saturated heterocycles. The Balaban J connectivity index is 2.89. The van der Waals surface area contributed by atoms with Crippen molar-refractivity contribution >= 4 is 10.8 Å². The zero-order valence-corrected chi connectivity index (χ0v) is 7.83. The number of phenols is 1. The van der Waals surface area contributed by atoms with Gasteiger partial charge in [-0.2, -0.15) is 0 Å². The van der Waals surface area contributed by atoms with E-state index in [0.717, 1.165) is 10.8 Å². The number of aryl methyl sites for hydroxylation is 2. The van der Waals surface area contributed by atoms with Gasteiger partial charge in [-0.3, -0.25) is 0 Å². The maximum absolute atomic E-state index is 9.59. The van der Waals surface area contributed by atoms with Gasteiger partial charge in [0.2, 0.25) is 0 Å². The van der Waals surface area contributed by atoms with Crippen molar-refractivity contribution < 1.29 is 5.11 Å². The lowest BCUT2D eigenvalue weighted by molar-refractivity contribution is 0.481. The first kappa shape index (κ1) is 8.11. The van der Waals surface area contributed by atoms with Crippen LogP contribution >= 0.6 is 0 Å². The van der Waals surface area contributed by atoms with Gasteiger partial charge in [0.1, 0.15) is 5.75 Å². The molecule has 0 atom stereocenters. The Bertz CT molecular complexity index is 458. The Hall–Kier alpha value is -1.50. The van der Waals surface area contributed by atoms with Crippen LogP contribution in [0, 0.1) is 13.8 Å². The fourth-order valence-corrected chi connectivity index (χ4v) is 1.53. The number of hydrogen-bond donors (Lipinski definition) is 1. The Morgan fingerprint density at radius 3 is 2.46 bits per heavy atom. The van der Waals surface area contributed by atoms with Crippen LogP contribution in [-0.2, 0) is 0 Å². The summed E-state index contributed by atoms with van der Waals surface area (Å²) in [6.45, 7) is 4.14. The SMILES string of the molecule is Cc1cc2cccc(O)c2cc1C. The first-order chi connectivity index (χ1) is 6.18. The Labute approximate surface area is 77.6 Å². The zero-order chi connectivity index (χ0) is 9.42. The zero-order valence-electron chi connectivity index (χ0n) is 7.83. The second-order valence-electron chi connectivity index (χ2n) is 3.43. The second kappa shape index (κ2) is 2.77. The van der Waals surface area contributed by atoms with Gasteiger partial charge in [-0.25, -0.2) is 0 Å². The van der Waals surface area contributed by atoms with E-state index in [1.54, 1.807) is 6.07 Å². The van der Waals surface area contributed by atoms with Gasteiger partial charge in [-0.05, 0) is 42.5 Å². The number of hydrogen-bond acceptors (Lipinski definition) is 1. The average Bonchev–Trinajstić information content (AvgIpc) is 2.09. The highest BCUT2D eigenvalue weighted by Gasteiger charge is 2.00. The summed E-state index contributed by atoms with van der Waals surface area (Å²) >= 11 is 0. The van der Waals surface area contributed by atoms with Crippen LogP contribution in [0.25, 0.3) is 10.8 Å². The van der Waals surface area contributed by atoms with Crippen molar-refractivity contribution in [2.24, 2.45) is 0 Å². The van der Waals surface area contributed by atoms with Gasteiger partial charge in [-0.1, -0.05) is 18.2 Å². The number of rotatable bonds is 0. The summed E-state index contributed by atoms with van der Waals surface area (Å²) in [5.74, 6) is 0.362. The highest BCUT2D eigenvalue weighted by Crippen LogP contribution is 2.26. The Morgan fingerprint density at radius 1 is 1.00 bits per heavy atom. The summed E-state index contributed by atoms with van der Waals surface area (Å²) in [6.07, 6.45) is 0. The van der Waals surface area contributed by atoms with E-state index in [4.69, 9.17) is 0 Å². The molecule has 0 saturated carbocycles. The highest BCUT2D eigenvalue weighted by molar-refractivity contribution is 5.89. The Morgan fingerprint density at radius 2 is 1.69 bits per heavy atom. The molecule has 0 spiro atoms. The number of phenolic OH excluding ortho intramolecular Hbond substituents is 1. The molecule has 1 N–H and O–H groups in total. The molecule has 1 nitrogen and oxygen atoms in total. The Kier molecular flexibility index (Phi) is 1.73. The quantitative estimate of drug-likeness (QED) is 0.647. The minimum Gasteiger partial charge on any atom is -0.507 e. The molecular weight excluding hydrogens is 160 g/mol. The third-order valence-corrected chi connectivity index (χ3v) is 2.47. The molecular formula is C12H12O. The number of fused-ring (bicyclic) bond motifs is 1. The van der Waals surface area contributed by atoms with Crippen molar-refractivity contribution in [3.8, 4) is 5.75 Å². The fourth-order valence-electron chi connectivity index (χ4n) is 1.53. The van der Waals surface area contributed by atoms with Gasteiger partial charge < -0.3 is 5.11 Å². The lowest BCUT2D eigenvalue weighted by Gasteiger charge is -2.04. The van der Waals surface area contributed by atoms with Crippen LogP contribution in [0.3, 0.4) is 0 Å². The van der Waals surface area contributed by atoms with Crippen LogP contribution in [0.2, 0.25) is 0 Å². The molecule has 2 rings (SSSR count). The topological polar surface area (TPSA) is 20.2 Å². The molecule has 0 aliphatic rings. The van der Waals surface area contributed by atoms with Gasteiger partial charge in [0.05, 0.1) is 0 Å². The lowest BCUT2D eigenvalue weighted by Crippen LogP contribution is -1.81. The van der Waals surface area contributed by atoms with E-state index in [0.29, 0.717) is 5.75 Å². The molecule has 0 aromatic heterocycles. The first-order valence-corrected chi connectivity index (χ1v) is 4.37. The minimum absolute atomic E-state index is 0.362. The smallest absolute Gasteiger partial charge is 0.123 e. The predicted octanol–water partition coefficient (Wildman–Crippen LogP) is 3.16. The average molecular weight is 172 g/mol. The molecule has 13 heavy (non-hydrogen) atoms. The largest absolute Gasteiger partial charge is 0.507 e.